The number of nitrogens with zero attached hydrogens (tertiary/aromatic N) is 6. The monoisotopic (exact) mass is 351 g/mol. The predicted octanol–water partition coefficient (Wildman–Crippen LogP) is 2.31. The Labute approximate surface area is 149 Å². The molecule has 1 N–H and O–H groups in total. The average molecular weight is 351 g/mol. The SMILES string of the molecule is COc1cccnc1-n1cc(Nc2cc(OC)c3cnn(C)c3n2)cn1. The van der Waals surface area contributed by atoms with Crippen LogP contribution in [0.3, 0.4) is 0 Å². The summed E-state index contributed by atoms with van der Waals surface area (Å²) in [6, 6.07) is 5.47. The molecule has 0 radical (unpaired) electrons. The highest BCUT2D eigenvalue weighted by Crippen LogP contribution is 2.28. The topological polar surface area (TPSA) is 91.9 Å². The van der Waals surface area contributed by atoms with Crippen molar-refractivity contribution in [3.63, 3.8) is 0 Å². The maximum absolute atomic E-state index is 5.44. The lowest BCUT2D eigenvalue weighted by molar-refractivity contribution is 0.409. The van der Waals surface area contributed by atoms with Crippen molar-refractivity contribution in [2.45, 2.75) is 0 Å². The van der Waals surface area contributed by atoms with E-state index in [1.165, 1.54) is 0 Å². The van der Waals surface area contributed by atoms with Crippen molar-refractivity contribution in [3.8, 4) is 17.3 Å². The Kier molecular flexibility index (Phi) is 3.88. The van der Waals surface area contributed by atoms with Gasteiger partial charge in [-0.3, -0.25) is 4.68 Å². The molecule has 0 aliphatic heterocycles. The van der Waals surface area contributed by atoms with Gasteiger partial charge in [-0.05, 0) is 12.1 Å². The number of methoxy groups -OCH3 is 2. The van der Waals surface area contributed by atoms with E-state index in [2.05, 4.69) is 25.5 Å². The molecule has 0 atom stereocenters. The van der Waals surface area contributed by atoms with Crippen LogP contribution in [0.2, 0.25) is 0 Å². The molecule has 0 saturated carbocycles. The second kappa shape index (κ2) is 6.36. The average Bonchev–Trinajstić information content (AvgIpc) is 3.28. The van der Waals surface area contributed by atoms with Gasteiger partial charge in [0.1, 0.15) is 11.6 Å². The van der Waals surface area contributed by atoms with Crippen LogP contribution < -0.4 is 14.8 Å². The van der Waals surface area contributed by atoms with Crippen LogP contribution in [0.25, 0.3) is 16.9 Å². The van der Waals surface area contributed by atoms with Crippen LogP contribution in [0.15, 0.2) is 43.0 Å². The third-order valence-corrected chi connectivity index (χ3v) is 3.93. The largest absolute Gasteiger partial charge is 0.496 e. The number of hydrogen-bond donors (Lipinski definition) is 1. The van der Waals surface area contributed by atoms with Crippen LogP contribution >= 0.6 is 0 Å². The van der Waals surface area contributed by atoms with Gasteiger partial charge in [-0.25, -0.2) is 14.6 Å². The molecular weight excluding hydrogens is 334 g/mol. The quantitative estimate of drug-likeness (QED) is 0.590. The molecule has 0 aliphatic rings. The summed E-state index contributed by atoms with van der Waals surface area (Å²) in [5.74, 6) is 2.57. The molecule has 4 aromatic heterocycles. The summed E-state index contributed by atoms with van der Waals surface area (Å²) in [6.07, 6.45) is 6.92. The lowest BCUT2D eigenvalue weighted by atomic mass is 10.3. The van der Waals surface area contributed by atoms with E-state index >= 15 is 0 Å². The van der Waals surface area contributed by atoms with Gasteiger partial charge in [-0.2, -0.15) is 10.2 Å². The van der Waals surface area contributed by atoms with Gasteiger partial charge in [-0.1, -0.05) is 0 Å². The van der Waals surface area contributed by atoms with E-state index in [0.29, 0.717) is 23.1 Å². The molecule has 4 aromatic rings. The van der Waals surface area contributed by atoms with Gasteiger partial charge >= 0.3 is 0 Å². The lowest BCUT2D eigenvalue weighted by Crippen LogP contribution is -2.01. The molecule has 0 aromatic carbocycles. The number of anilines is 2. The van der Waals surface area contributed by atoms with E-state index in [0.717, 1.165) is 16.7 Å². The van der Waals surface area contributed by atoms with Gasteiger partial charge in [0, 0.05) is 19.3 Å². The second-order valence-corrected chi connectivity index (χ2v) is 5.54. The molecule has 0 fully saturated rings. The molecule has 0 aliphatic carbocycles. The fraction of sp³-hybridized carbons (Fsp3) is 0.176. The van der Waals surface area contributed by atoms with Crippen LogP contribution in [-0.2, 0) is 7.05 Å². The van der Waals surface area contributed by atoms with Gasteiger partial charge in [0.2, 0.25) is 0 Å². The molecule has 26 heavy (non-hydrogen) atoms. The fourth-order valence-electron chi connectivity index (χ4n) is 2.68. The maximum Gasteiger partial charge on any atom is 0.196 e. The van der Waals surface area contributed by atoms with Crippen molar-refractivity contribution in [1.82, 2.24) is 29.5 Å². The number of fused-ring (bicyclic) bond motifs is 1. The smallest absolute Gasteiger partial charge is 0.196 e. The summed E-state index contributed by atoms with van der Waals surface area (Å²) in [5.41, 5.74) is 1.49. The highest BCUT2D eigenvalue weighted by molar-refractivity contribution is 5.84. The molecule has 0 amide bonds. The molecule has 0 bridgehead atoms. The minimum atomic E-state index is 0.607. The van der Waals surface area contributed by atoms with E-state index in [1.807, 2.05) is 31.4 Å². The highest BCUT2D eigenvalue weighted by atomic mass is 16.5. The van der Waals surface area contributed by atoms with E-state index < -0.39 is 0 Å². The molecule has 132 valence electrons. The van der Waals surface area contributed by atoms with Crippen LogP contribution in [0.4, 0.5) is 11.5 Å². The third kappa shape index (κ3) is 2.69. The van der Waals surface area contributed by atoms with E-state index in [4.69, 9.17) is 9.47 Å². The first-order valence-corrected chi connectivity index (χ1v) is 7.87. The summed E-state index contributed by atoms with van der Waals surface area (Å²) >= 11 is 0. The first-order chi connectivity index (χ1) is 12.7. The Bertz CT molecular complexity index is 1070. The second-order valence-electron chi connectivity index (χ2n) is 5.54. The zero-order chi connectivity index (χ0) is 18.1. The third-order valence-electron chi connectivity index (χ3n) is 3.93. The van der Waals surface area contributed by atoms with Crippen molar-refractivity contribution < 1.29 is 9.47 Å². The van der Waals surface area contributed by atoms with Gasteiger partial charge < -0.3 is 14.8 Å². The molecule has 4 rings (SSSR count). The first-order valence-electron chi connectivity index (χ1n) is 7.87. The van der Waals surface area contributed by atoms with Crippen LogP contribution in [0.1, 0.15) is 0 Å². The Morgan fingerprint density at radius 3 is 2.73 bits per heavy atom. The Hall–Kier alpha value is -3.62. The Balaban J connectivity index is 1.67. The number of nitrogens with one attached hydrogen (secondary N) is 1. The van der Waals surface area contributed by atoms with E-state index in [-0.39, 0.29) is 0 Å². The zero-order valence-corrected chi connectivity index (χ0v) is 14.5. The number of ether oxygens (including phenoxy) is 2. The first kappa shape index (κ1) is 15.9. The standard InChI is InChI=1S/C17H17N7O2/c1-23-16-12(9-19-23)14(26-3)7-15(22-16)21-11-8-20-24(10-11)17-13(25-2)5-4-6-18-17/h4-10H,1-3H3,(H,21,22). The van der Waals surface area contributed by atoms with E-state index in [9.17, 15) is 0 Å². The van der Waals surface area contributed by atoms with Gasteiger partial charge in [0.05, 0.1) is 43.9 Å². The van der Waals surface area contributed by atoms with Crippen molar-refractivity contribution in [2.75, 3.05) is 19.5 Å². The van der Waals surface area contributed by atoms with Crippen LogP contribution in [0, 0.1) is 0 Å². The zero-order valence-electron chi connectivity index (χ0n) is 14.5. The Morgan fingerprint density at radius 1 is 1.08 bits per heavy atom. The maximum atomic E-state index is 5.44. The Morgan fingerprint density at radius 2 is 1.92 bits per heavy atom. The predicted molar refractivity (Wildman–Crippen MR) is 96.3 cm³/mol. The number of rotatable bonds is 5. The van der Waals surface area contributed by atoms with Gasteiger partial charge in [-0.15, -0.1) is 0 Å². The highest BCUT2D eigenvalue weighted by Gasteiger charge is 2.12. The minimum absolute atomic E-state index is 0.607. The molecule has 9 nitrogen and oxygen atoms in total. The van der Waals surface area contributed by atoms with Gasteiger partial charge in [0.25, 0.3) is 0 Å². The molecular formula is C17H17N7O2. The molecule has 0 spiro atoms. The van der Waals surface area contributed by atoms with Crippen molar-refractivity contribution in [3.05, 3.63) is 43.0 Å². The summed E-state index contributed by atoms with van der Waals surface area (Å²) in [6.45, 7) is 0. The fourth-order valence-corrected chi connectivity index (χ4v) is 2.68. The lowest BCUT2D eigenvalue weighted by Gasteiger charge is -2.08. The number of aromatic nitrogens is 6. The summed E-state index contributed by atoms with van der Waals surface area (Å²) in [4.78, 5) is 8.90. The molecule has 9 heteroatoms. The van der Waals surface area contributed by atoms with Gasteiger partial charge in [0.15, 0.2) is 17.2 Å². The van der Waals surface area contributed by atoms with Crippen LogP contribution in [0.5, 0.6) is 11.5 Å². The number of pyridine rings is 2. The van der Waals surface area contributed by atoms with Crippen molar-refractivity contribution in [2.24, 2.45) is 7.05 Å². The minimum Gasteiger partial charge on any atom is -0.496 e. The summed E-state index contributed by atoms with van der Waals surface area (Å²) < 4.78 is 14.1. The van der Waals surface area contributed by atoms with Crippen LogP contribution in [-0.4, -0.2) is 43.7 Å². The van der Waals surface area contributed by atoms with E-state index in [1.54, 1.807) is 42.2 Å². The number of hydrogen-bond acceptors (Lipinski definition) is 7. The van der Waals surface area contributed by atoms with Crippen molar-refractivity contribution >= 4 is 22.5 Å². The summed E-state index contributed by atoms with van der Waals surface area (Å²) in [7, 11) is 5.06. The molecule has 0 saturated heterocycles. The molecule has 4 heterocycles. The summed E-state index contributed by atoms with van der Waals surface area (Å²) in [5, 5.41) is 12.6. The number of aryl methyl sites for hydroxylation is 1. The normalized spacial score (nSPS) is 10.9. The molecule has 0 unspecified atom stereocenters. The van der Waals surface area contributed by atoms with Crippen molar-refractivity contribution in [1.29, 1.82) is 0 Å².